The molecular weight excluding hydrogens is 363 g/mol. The van der Waals surface area contributed by atoms with Gasteiger partial charge in [-0.1, -0.05) is 47.0 Å². The fourth-order valence-corrected chi connectivity index (χ4v) is 2.98. The van der Waals surface area contributed by atoms with Gasteiger partial charge in [-0.2, -0.15) is 5.10 Å². The highest BCUT2D eigenvalue weighted by Gasteiger charge is 2.14. The molecule has 3 rings (SSSR count). The zero-order chi connectivity index (χ0) is 18.1. The number of benzene rings is 2. The summed E-state index contributed by atoms with van der Waals surface area (Å²) in [5.41, 5.74) is 1.73. The molecule has 0 aliphatic rings. The normalized spacial score (nSPS) is 11.0. The molecule has 25 heavy (non-hydrogen) atoms. The first-order valence-electron chi connectivity index (χ1n) is 7.51. The molecule has 0 saturated heterocycles. The molecule has 2 aromatic carbocycles. The lowest BCUT2D eigenvalue weighted by Crippen LogP contribution is -2.26. The number of aromatic nitrogens is 2. The average Bonchev–Trinajstić information content (AvgIpc) is 2.55. The van der Waals surface area contributed by atoms with Gasteiger partial charge in [-0.25, -0.2) is 4.68 Å². The molecule has 0 unspecified atom stereocenters. The number of aryl methyl sites for hydroxylation is 1. The zero-order valence-electron chi connectivity index (χ0n) is 13.3. The summed E-state index contributed by atoms with van der Waals surface area (Å²) in [5.74, 6) is -1.01. The van der Waals surface area contributed by atoms with Crippen molar-refractivity contribution in [3.63, 3.8) is 0 Å². The Labute approximate surface area is 153 Å². The van der Waals surface area contributed by atoms with E-state index in [1.165, 1.54) is 4.68 Å². The monoisotopic (exact) mass is 376 g/mol. The second-order valence-corrected chi connectivity index (χ2v) is 6.59. The highest BCUT2D eigenvalue weighted by atomic mass is 35.5. The minimum Gasteiger partial charge on any atom is -0.481 e. The molecule has 1 heterocycles. The van der Waals surface area contributed by atoms with Crippen molar-refractivity contribution in [3.8, 4) is 0 Å². The van der Waals surface area contributed by atoms with Crippen LogP contribution in [0, 0.1) is 6.92 Å². The molecule has 1 aromatic heterocycles. The second kappa shape index (κ2) is 6.86. The van der Waals surface area contributed by atoms with E-state index in [0.29, 0.717) is 26.5 Å². The third-order valence-electron chi connectivity index (χ3n) is 3.83. The Morgan fingerprint density at radius 2 is 1.88 bits per heavy atom. The predicted octanol–water partition coefficient (Wildman–Crippen LogP) is 3.69. The number of nitrogens with zero attached hydrogens (tertiary/aromatic N) is 2. The van der Waals surface area contributed by atoms with Crippen LogP contribution in [0.4, 0.5) is 0 Å². The summed E-state index contributed by atoms with van der Waals surface area (Å²) in [5, 5.41) is 15.2. The van der Waals surface area contributed by atoms with Gasteiger partial charge in [0.05, 0.1) is 34.1 Å². The van der Waals surface area contributed by atoms with E-state index in [-0.39, 0.29) is 18.5 Å². The molecule has 128 valence electrons. The van der Waals surface area contributed by atoms with E-state index in [1.807, 2.05) is 13.0 Å². The first-order chi connectivity index (χ1) is 11.8. The minimum absolute atomic E-state index is 0.173. The van der Waals surface area contributed by atoms with Gasteiger partial charge in [0.15, 0.2) is 0 Å². The first-order valence-corrected chi connectivity index (χ1v) is 8.27. The topological polar surface area (TPSA) is 72.2 Å². The summed E-state index contributed by atoms with van der Waals surface area (Å²) in [6, 6.07) is 10.4. The van der Waals surface area contributed by atoms with Gasteiger partial charge in [-0.3, -0.25) is 9.59 Å². The molecule has 0 saturated carbocycles. The summed E-state index contributed by atoms with van der Waals surface area (Å²) >= 11 is 11.9. The quantitative estimate of drug-likeness (QED) is 0.753. The van der Waals surface area contributed by atoms with Crippen LogP contribution in [-0.2, 0) is 17.8 Å². The van der Waals surface area contributed by atoms with Crippen molar-refractivity contribution in [3.05, 3.63) is 73.6 Å². The Hall–Kier alpha value is -2.37. The van der Waals surface area contributed by atoms with Gasteiger partial charge < -0.3 is 5.11 Å². The van der Waals surface area contributed by atoms with Gasteiger partial charge in [0.2, 0.25) is 0 Å². The summed E-state index contributed by atoms with van der Waals surface area (Å²) in [6.07, 6.45) is -0.263. The van der Waals surface area contributed by atoms with Crippen molar-refractivity contribution in [2.45, 2.75) is 19.9 Å². The maximum absolute atomic E-state index is 12.8. The number of fused-ring (bicyclic) bond motifs is 1. The Balaban J connectivity index is 2.16. The van der Waals surface area contributed by atoms with Crippen LogP contribution in [0.25, 0.3) is 10.8 Å². The van der Waals surface area contributed by atoms with E-state index < -0.39 is 5.97 Å². The van der Waals surface area contributed by atoms with E-state index in [9.17, 15) is 9.59 Å². The number of halogens is 2. The van der Waals surface area contributed by atoms with Crippen LogP contribution >= 0.6 is 23.2 Å². The average molecular weight is 377 g/mol. The SMILES string of the molecule is Cc1ccc2c(CC(=O)O)nn(Cc3ccc(Cl)c(Cl)c3)c(=O)c2c1. The van der Waals surface area contributed by atoms with Crippen molar-refractivity contribution >= 4 is 39.9 Å². The molecular formula is C18H14Cl2N2O3. The number of rotatable bonds is 4. The third-order valence-corrected chi connectivity index (χ3v) is 4.57. The summed E-state index contributed by atoms with van der Waals surface area (Å²) in [6.45, 7) is 2.05. The van der Waals surface area contributed by atoms with Gasteiger partial charge in [-0.05, 0) is 30.7 Å². The second-order valence-electron chi connectivity index (χ2n) is 5.78. The molecule has 0 aliphatic carbocycles. The van der Waals surface area contributed by atoms with Crippen molar-refractivity contribution in [2.75, 3.05) is 0 Å². The maximum atomic E-state index is 12.8. The standard InChI is InChI=1S/C18H14Cl2N2O3/c1-10-2-4-12-13(6-10)18(25)22(21-16(12)8-17(23)24)9-11-3-5-14(19)15(20)7-11/h2-7H,8-9H2,1H3,(H,23,24). The molecule has 0 spiro atoms. The Bertz CT molecular complexity index is 1040. The molecule has 0 radical (unpaired) electrons. The number of aliphatic carboxylic acids is 1. The van der Waals surface area contributed by atoms with Crippen LogP contribution in [0.5, 0.6) is 0 Å². The van der Waals surface area contributed by atoms with Crippen molar-refractivity contribution in [1.82, 2.24) is 9.78 Å². The lowest BCUT2D eigenvalue weighted by molar-refractivity contribution is -0.136. The van der Waals surface area contributed by atoms with Gasteiger partial charge >= 0.3 is 5.97 Å². The largest absolute Gasteiger partial charge is 0.481 e. The van der Waals surface area contributed by atoms with Crippen molar-refractivity contribution in [2.24, 2.45) is 0 Å². The van der Waals surface area contributed by atoms with Crippen molar-refractivity contribution < 1.29 is 9.90 Å². The Kier molecular flexibility index (Phi) is 4.79. The van der Waals surface area contributed by atoms with Gasteiger partial charge in [0.1, 0.15) is 0 Å². The van der Waals surface area contributed by atoms with E-state index in [1.54, 1.807) is 30.3 Å². The van der Waals surface area contributed by atoms with Gasteiger partial charge in [0, 0.05) is 5.39 Å². The van der Waals surface area contributed by atoms with E-state index >= 15 is 0 Å². The van der Waals surface area contributed by atoms with Crippen LogP contribution < -0.4 is 5.56 Å². The number of carbonyl (C=O) groups is 1. The zero-order valence-corrected chi connectivity index (χ0v) is 14.8. The molecule has 3 aromatic rings. The summed E-state index contributed by atoms with van der Waals surface area (Å²) in [7, 11) is 0. The maximum Gasteiger partial charge on any atom is 0.309 e. The summed E-state index contributed by atoms with van der Waals surface area (Å²) in [4.78, 5) is 23.9. The van der Waals surface area contributed by atoms with Crippen molar-refractivity contribution in [1.29, 1.82) is 0 Å². The molecule has 0 aliphatic heterocycles. The Morgan fingerprint density at radius 1 is 1.12 bits per heavy atom. The predicted molar refractivity (Wildman–Crippen MR) is 97.6 cm³/mol. The highest BCUT2D eigenvalue weighted by molar-refractivity contribution is 6.42. The smallest absolute Gasteiger partial charge is 0.309 e. The van der Waals surface area contributed by atoms with Crippen LogP contribution in [0.2, 0.25) is 10.0 Å². The fourth-order valence-electron chi connectivity index (χ4n) is 2.66. The molecule has 0 bridgehead atoms. The highest BCUT2D eigenvalue weighted by Crippen LogP contribution is 2.23. The third kappa shape index (κ3) is 3.67. The molecule has 5 nitrogen and oxygen atoms in total. The van der Waals surface area contributed by atoms with Gasteiger partial charge in [0.25, 0.3) is 5.56 Å². The Morgan fingerprint density at radius 3 is 2.56 bits per heavy atom. The lowest BCUT2D eigenvalue weighted by Gasteiger charge is -2.11. The van der Waals surface area contributed by atoms with Crippen LogP contribution in [0.3, 0.4) is 0 Å². The molecule has 0 amide bonds. The van der Waals surface area contributed by atoms with Crippen LogP contribution in [0.15, 0.2) is 41.2 Å². The molecule has 1 N–H and O–H groups in total. The van der Waals surface area contributed by atoms with E-state index in [4.69, 9.17) is 28.3 Å². The van der Waals surface area contributed by atoms with Crippen LogP contribution in [-0.4, -0.2) is 20.9 Å². The summed E-state index contributed by atoms with van der Waals surface area (Å²) < 4.78 is 1.26. The number of hydrogen-bond acceptors (Lipinski definition) is 3. The van der Waals surface area contributed by atoms with Crippen LogP contribution in [0.1, 0.15) is 16.8 Å². The number of carboxylic acids is 1. The number of carboxylic acid groups (broad SMARTS) is 1. The fraction of sp³-hybridized carbons (Fsp3) is 0.167. The molecule has 0 fully saturated rings. The molecule has 7 heteroatoms. The minimum atomic E-state index is -1.01. The van der Waals surface area contributed by atoms with E-state index in [2.05, 4.69) is 5.10 Å². The number of hydrogen-bond donors (Lipinski definition) is 1. The first kappa shape index (κ1) is 17.5. The van der Waals surface area contributed by atoms with Gasteiger partial charge in [-0.15, -0.1) is 0 Å². The van der Waals surface area contributed by atoms with E-state index in [0.717, 1.165) is 11.1 Å². The molecule has 0 atom stereocenters. The lowest BCUT2D eigenvalue weighted by atomic mass is 10.1.